The number of aromatic nitrogens is 3. The lowest BCUT2D eigenvalue weighted by Gasteiger charge is -2.16. The van der Waals surface area contributed by atoms with E-state index in [2.05, 4.69) is 46.2 Å². The van der Waals surface area contributed by atoms with Gasteiger partial charge in [-0.25, -0.2) is 0 Å². The van der Waals surface area contributed by atoms with Gasteiger partial charge in [-0.15, -0.1) is 10.2 Å². The predicted molar refractivity (Wildman–Crippen MR) is 64.4 cm³/mol. The van der Waals surface area contributed by atoms with E-state index in [-0.39, 0.29) is 0 Å². The van der Waals surface area contributed by atoms with E-state index < -0.39 is 0 Å². The van der Waals surface area contributed by atoms with Crippen LogP contribution in [-0.2, 0) is 6.54 Å². The highest BCUT2D eigenvalue weighted by Crippen LogP contribution is 2.28. The van der Waals surface area contributed by atoms with Crippen LogP contribution in [0.3, 0.4) is 0 Å². The van der Waals surface area contributed by atoms with E-state index in [1.165, 1.54) is 6.42 Å². The third-order valence-corrected chi connectivity index (χ3v) is 3.24. The highest BCUT2D eigenvalue weighted by molar-refractivity contribution is 5.26. The van der Waals surface area contributed by atoms with E-state index in [1.807, 2.05) is 0 Å². The summed E-state index contributed by atoms with van der Waals surface area (Å²) in [4.78, 5) is 0. The molecule has 2 N–H and O–H groups in total. The highest BCUT2D eigenvalue weighted by Gasteiger charge is 2.29. The number of hydrogen-bond donors (Lipinski definition) is 2. The Balaban J connectivity index is 2.26. The standard InChI is InChI=1S/C11H21N5/c1-4-12-11-15-14-10(16(11)5-2)9-8(3)6-7-13-9/h8-9,13H,4-7H2,1-3H3,(H,12,15). The third-order valence-electron chi connectivity index (χ3n) is 3.24. The van der Waals surface area contributed by atoms with E-state index in [9.17, 15) is 0 Å². The molecule has 0 spiro atoms. The molecule has 90 valence electrons. The van der Waals surface area contributed by atoms with Crippen molar-refractivity contribution >= 4 is 5.95 Å². The molecule has 1 aromatic heterocycles. The molecule has 0 bridgehead atoms. The van der Waals surface area contributed by atoms with Gasteiger partial charge in [-0.2, -0.15) is 0 Å². The minimum atomic E-state index is 0.361. The van der Waals surface area contributed by atoms with Gasteiger partial charge in [-0.1, -0.05) is 6.92 Å². The summed E-state index contributed by atoms with van der Waals surface area (Å²) in [7, 11) is 0. The zero-order valence-electron chi connectivity index (χ0n) is 10.3. The predicted octanol–water partition coefficient (Wildman–Crippen LogP) is 1.40. The van der Waals surface area contributed by atoms with Gasteiger partial charge in [0.1, 0.15) is 0 Å². The monoisotopic (exact) mass is 223 g/mol. The number of nitrogens with zero attached hydrogens (tertiary/aromatic N) is 3. The topological polar surface area (TPSA) is 54.8 Å². The molecule has 16 heavy (non-hydrogen) atoms. The molecule has 0 radical (unpaired) electrons. The first-order chi connectivity index (χ1) is 7.77. The fraction of sp³-hybridized carbons (Fsp3) is 0.818. The van der Waals surface area contributed by atoms with Crippen LogP contribution in [0.1, 0.15) is 39.1 Å². The van der Waals surface area contributed by atoms with Crippen molar-refractivity contribution in [3.8, 4) is 0 Å². The molecule has 2 heterocycles. The Labute approximate surface area is 96.6 Å². The Morgan fingerprint density at radius 2 is 2.25 bits per heavy atom. The van der Waals surface area contributed by atoms with Crippen LogP contribution in [-0.4, -0.2) is 27.9 Å². The normalized spacial score (nSPS) is 24.9. The zero-order chi connectivity index (χ0) is 11.5. The fourth-order valence-electron chi connectivity index (χ4n) is 2.33. The Bertz CT molecular complexity index is 346. The molecule has 1 aliphatic rings. The molecule has 1 saturated heterocycles. The summed E-state index contributed by atoms with van der Waals surface area (Å²) in [5.41, 5.74) is 0. The van der Waals surface area contributed by atoms with E-state index >= 15 is 0 Å². The summed E-state index contributed by atoms with van der Waals surface area (Å²) in [5.74, 6) is 2.60. The second kappa shape index (κ2) is 4.82. The van der Waals surface area contributed by atoms with Crippen LogP contribution in [0.15, 0.2) is 0 Å². The van der Waals surface area contributed by atoms with Crippen molar-refractivity contribution in [1.82, 2.24) is 20.1 Å². The average molecular weight is 223 g/mol. The quantitative estimate of drug-likeness (QED) is 0.810. The summed E-state index contributed by atoms with van der Waals surface area (Å²) in [5, 5.41) is 15.3. The van der Waals surface area contributed by atoms with Crippen LogP contribution in [0.2, 0.25) is 0 Å². The van der Waals surface area contributed by atoms with Gasteiger partial charge in [-0.05, 0) is 32.7 Å². The first-order valence-electron chi connectivity index (χ1n) is 6.18. The molecule has 2 atom stereocenters. The van der Waals surface area contributed by atoms with Crippen LogP contribution < -0.4 is 10.6 Å². The zero-order valence-corrected chi connectivity index (χ0v) is 10.3. The summed E-state index contributed by atoms with van der Waals surface area (Å²) in [6.07, 6.45) is 1.22. The van der Waals surface area contributed by atoms with Crippen LogP contribution in [0.25, 0.3) is 0 Å². The molecular formula is C11H21N5. The largest absolute Gasteiger partial charge is 0.355 e. The lowest BCUT2D eigenvalue weighted by Crippen LogP contribution is -2.21. The molecule has 1 aliphatic heterocycles. The summed E-state index contributed by atoms with van der Waals surface area (Å²) in [6, 6.07) is 0.361. The first kappa shape index (κ1) is 11.4. The van der Waals surface area contributed by atoms with Crippen LogP contribution in [0.5, 0.6) is 0 Å². The van der Waals surface area contributed by atoms with Crippen molar-refractivity contribution in [2.75, 3.05) is 18.4 Å². The van der Waals surface area contributed by atoms with Crippen molar-refractivity contribution in [2.45, 2.75) is 39.8 Å². The molecular weight excluding hydrogens is 202 g/mol. The van der Waals surface area contributed by atoms with Crippen LogP contribution in [0.4, 0.5) is 5.95 Å². The van der Waals surface area contributed by atoms with Crippen LogP contribution in [0, 0.1) is 5.92 Å². The van der Waals surface area contributed by atoms with Crippen molar-refractivity contribution < 1.29 is 0 Å². The Kier molecular flexibility index (Phi) is 3.43. The number of rotatable bonds is 4. The van der Waals surface area contributed by atoms with Gasteiger partial charge in [-0.3, -0.25) is 4.57 Å². The lowest BCUT2D eigenvalue weighted by atomic mass is 10.0. The lowest BCUT2D eigenvalue weighted by molar-refractivity contribution is 0.458. The van der Waals surface area contributed by atoms with E-state index in [1.54, 1.807) is 0 Å². The second-order valence-corrected chi connectivity index (χ2v) is 4.35. The molecule has 2 rings (SSSR count). The fourth-order valence-corrected chi connectivity index (χ4v) is 2.33. The second-order valence-electron chi connectivity index (χ2n) is 4.35. The average Bonchev–Trinajstić information content (AvgIpc) is 2.84. The molecule has 0 aromatic carbocycles. The molecule has 2 unspecified atom stereocenters. The third kappa shape index (κ3) is 1.91. The van der Waals surface area contributed by atoms with Crippen molar-refractivity contribution in [1.29, 1.82) is 0 Å². The van der Waals surface area contributed by atoms with Gasteiger partial charge in [0.15, 0.2) is 5.82 Å². The van der Waals surface area contributed by atoms with Crippen molar-refractivity contribution in [3.05, 3.63) is 5.82 Å². The maximum atomic E-state index is 4.33. The molecule has 5 nitrogen and oxygen atoms in total. The smallest absolute Gasteiger partial charge is 0.224 e. The summed E-state index contributed by atoms with van der Waals surface area (Å²) >= 11 is 0. The van der Waals surface area contributed by atoms with Crippen molar-refractivity contribution in [2.24, 2.45) is 5.92 Å². The van der Waals surface area contributed by atoms with Gasteiger partial charge in [0.2, 0.25) is 5.95 Å². The van der Waals surface area contributed by atoms with Gasteiger partial charge in [0.25, 0.3) is 0 Å². The number of hydrogen-bond acceptors (Lipinski definition) is 4. The molecule has 1 fully saturated rings. The van der Waals surface area contributed by atoms with Crippen molar-refractivity contribution in [3.63, 3.8) is 0 Å². The SMILES string of the molecule is CCNc1nnc(C2NCCC2C)n1CC. The molecule has 5 heteroatoms. The Hall–Kier alpha value is -1.10. The maximum absolute atomic E-state index is 4.33. The molecule has 0 amide bonds. The molecule has 0 aliphatic carbocycles. The maximum Gasteiger partial charge on any atom is 0.224 e. The van der Waals surface area contributed by atoms with Gasteiger partial charge < -0.3 is 10.6 Å². The van der Waals surface area contributed by atoms with E-state index in [4.69, 9.17) is 0 Å². The summed E-state index contributed by atoms with van der Waals surface area (Å²) in [6.45, 7) is 9.35. The van der Waals surface area contributed by atoms with Gasteiger partial charge in [0.05, 0.1) is 6.04 Å². The van der Waals surface area contributed by atoms with Crippen LogP contribution >= 0.6 is 0 Å². The first-order valence-corrected chi connectivity index (χ1v) is 6.18. The number of anilines is 1. The minimum absolute atomic E-state index is 0.361. The van der Waals surface area contributed by atoms with Gasteiger partial charge in [0, 0.05) is 13.1 Å². The molecule has 1 aromatic rings. The Morgan fingerprint density at radius 3 is 2.81 bits per heavy atom. The number of nitrogens with one attached hydrogen (secondary N) is 2. The van der Waals surface area contributed by atoms with E-state index in [0.29, 0.717) is 12.0 Å². The highest BCUT2D eigenvalue weighted by atomic mass is 15.4. The molecule has 0 saturated carbocycles. The Morgan fingerprint density at radius 1 is 1.44 bits per heavy atom. The minimum Gasteiger partial charge on any atom is -0.355 e. The van der Waals surface area contributed by atoms with Gasteiger partial charge >= 0.3 is 0 Å². The summed E-state index contributed by atoms with van der Waals surface area (Å²) < 4.78 is 2.17. The van der Waals surface area contributed by atoms with E-state index in [0.717, 1.165) is 31.4 Å².